The predicted molar refractivity (Wildman–Crippen MR) is 62.6 cm³/mol. The molecule has 0 saturated heterocycles. The van der Waals surface area contributed by atoms with Crippen LogP contribution in [-0.4, -0.2) is 5.78 Å². The van der Waals surface area contributed by atoms with Crippen molar-refractivity contribution in [2.75, 3.05) is 0 Å². The van der Waals surface area contributed by atoms with Crippen LogP contribution in [0.1, 0.15) is 53.4 Å². The van der Waals surface area contributed by atoms with E-state index in [9.17, 15) is 4.79 Å². The van der Waals surface area contributed by atoms with E-state index < -0.39 is 0 Å². The van der Waals surface area contributed by atoms with Gasteiger partial charge in [0.1, 0.15) is 5.78 Å². The van der Waals surface area contributed by atoms with Crippen molar-refractivity contribution < 1.29 is 4.79 Å². The fourth-order valence-corrected chi connectivity index (χ4v) is 3.87. The summed E-state index contributed by atoms with van der Waals surface area (Å²) in [5, 5.41) is 0. The molecule has 1 saturated carbocycles. The summed E-state index contributed by atoms with van der Waals surface area (Å²) < 4.78 is 0. The molecular formula is C14H22O. The van der Waals surface area contributed by atoms with E-state index in [1.807, 2.05) is 0 Å². The van der Waals surface area contributed by atoms with Gasteiger partial charge in [-0.2, -0.15) is 0 Å². The molecule has 2 rings (SSSR count). The van der Waals surface area contributed by atoms with Crippen molar-refractivity contribution >= 4 is 5.78 Å². The molecular weight excluding hydrogens is 184 g/mol. The molecule has 0 aromatic heterocycles. The highest BCUT2D eigenvalue weighted by atomic mass is 16.1. The molecule has 84 valence electrons. The maximum absolute atomic E-state index is 11.8. The summed E-state index contributed by atoms with van der Waals surface area (Å²) in [4.78, 5) is 11.8. The van der Waals surface area contributed by atoms with Crippen molar-refractivity contribution in [1.29, 1.82) is 0 Å². The van der Waals surface area contributed by atoms with Crippen LogP contribution in [0.25, 0.3) is 0 Å². The number of carbonyl (C=O) groups excluding carboxylic acids is 1. The van der Waals surface area contributed by atoms with Gasteiger partial charge in [-0.25, -0.2) is 0 Å². The van der Waals surface area contributed by atoms with Crippen LogP contribution in [0.3, 0.4) is 0 Å². The minimum Gasteiger partial charge on any atom is -0.300 e. The third kappa shape index (κ3) is 1.77. The van der Waals surface area contributed by atoms with Crippen molar-refractivity contribution in [3.63, 3.8) is 0 Å². The van der Waals surface area contributed by atoms with E-state index >= 15 is 0 Å². The van der Waals surface area contributed by atoms with E-state index in [1.54, 1.807) is 5.57 Å². The highest BCUT2D eigenvalue weighted by Crippen LogP contribution is 2.54. The van der Waals surface area contributed by atoms with E-state index in [0.717, 1.165) is 18.8 Å². The molecule has 0 bridgehead atoms. The average Bonchev–Trinajstić information content (AvgIpc) is 1.97. The molecule has 1 heteroatoms. The second kappa shape index (κ2) is 3.20. The van der Waals surface area contributed by atoms with Gasteiger partial charge in [0.15, 0.2) is 0 Å². The Bertz CT molecular complexity index is 324. The highest BCUT2D eigenvalue weighted by molar-refractivity contribution is 5.82. The number of ketones is 1. The van der Waals surface area contributed by atoms with Crippen LogP contribution < -0.4 is 0 Å². The lowest BCUT2D eigenvalue weighted by atomic mass is 9.55. The molecule has 0 aliphatic heterocycles. The van der Waals surface area contributed by atoms with Crippen LogP contribution in [-0.2, 0) is 4.79 Å². The van der Waals surface area contributed by atoms with E-state index in [2.05, 4.69) is 33.8 Å². The third-order valence-electron chi connectivity index (χ3n) is 4.13. The molecule has 0 spiro atoms. The zero-order chi connectivity index (χ0) is 11.3. The van der Waals surface area contributed by atoms with E-state index in [1.165, 1.54) is 12.8 Å². The molecule has 0 amide bonds. The first-order valence-electron chi connectivity index (χ1n) is 6.06. The molecule has 0 aromatic carbocycles. The largest absolute Gasteiger partial charge is 0.300 e. The van der Waals surface area contributed by atoms with Crippen LogP contribution >= 0.6 is 0 Å². The standard InChI is InChI=1S/C14H22O/c1-10-5-6-12-13(2,3)8-11(15)9-14(12,4)7-10/h6,10H,5,7-9H2,1-4H3. The van der Waals surface area contributed by atoms with E-state index in [-0.39, 0.29) is 10.8 Å². The van der Waals surface area contributed by atoms with Crippen molar-refractivity contribution in [2.24, 2.45) is 16.7 Å². The van der Waals surface area contributed by atoms with Crippen LogP contribution in [0, 0.1) is 16.7 Å². The van der Waals surface area contributed by atoms with Crippen LogP contribution in [0.2, 0.25) is 0 Å². The van der Waals surface area contributed by atoms with Crippen molar-refractivity contribution in [3.05, 3.63) is 11.6 Å². The Morgan fingerprint density at radius 2 is 1.93 bits per heavy atom. The lowest BCUT2D eigenvalue weighted by molar-refractivity contribution is -0.125. The summed E-state index contributed by atoms with van der Waals surface area (Å²) in [5.74, 6) is 1.19. The number of Topliss-reactive ketones (excluding diaryl/α,β-unsaturated/α-hetero) is 1. The minimum atomic E-state index is 0.101. The molecule has 1 fully saturated rings. The maximum atomic E-state index is 11.8. The number of fused-ring (bicyclic) bond motifs is 1. The Labute approximate surface area is 92.9 Å². The topological polar surface area (TPSA) is 17.1 Å². The van der Waals surface area contributed by atoms with Gasteiger partial charge in [0.05, 0.1) is 0 Å². The summed E-state index contributed by atoms with van der Waals surface area (Å²) in [6, 6.07) is 0. The minimum absolute atomic E-state index is 0.101. The first kappa shape index (κ1) is 10.9. The summed E-state index contributed by atoms with van der Waals surface area (Å²) in [6.45, 7) is 9.03. The van der Waals surface area contributed by atoms with Crippen molar-refractivity contribution in [3.8, 4) is 0 Å². The average molecular weight is 206 g/mol. The van der Waals surface area contributed by atoms with Gasteiger partial charge in [0.2, 0.25) is 0 Å². The third-order valence-corrected chi connectivity index (χ3v) is 4.13. The smallest absolute Gasteiger partial charge is 0.134 e. The second-order valence-corrected chi connectivity index (χ2v) is 6.50. The lowest BCUT2D eigenvalue weighted by Crippen LogP contribution is -2.41. The first-order chi connectivity index (χ1) is 6.83. The van der Waals surface area contributed by atoms with Gasteiger partial charge in [-0.15, -0.1) is 0 Å². The zero-order valence-electron chi connectivity index (χ0n) is 10.4. The van der Waals surface area contributed by atoms with Crippen LogP contribution in [0.4, 0.5) is 0 Å². The van der Waals surface area contributed by atoms with E-state index in [0.29, 0.717) is 5.78 Å². The fourth-order valence-electron chi connectivity index (χ4n) is 3.87. The quantitative estimate of drug-likeness (QED) is 0.552. The SMILES string of the molecule is CC1CC=C2C(C)(C)CC(=O)CC2(C)C1. The van der Waals surface area contributed by atoms with Crippen LogP contribution in [0.5, 0.6) is 0 Å². The normalized spacial score (nSPS) is 39.6. The molecule has 2 aliphatic carbocycles. The van der Waals surface area contributed by atoms with Crippen molar-refractivity contribution in [2.45, 2.75) is 53.4 Å². The molecule has 2 aliphatic rings. The lowest BCUT2D eigenvalue weighted by Gasteiger charge is -2.48. The summed E-state index contributed by atoms with van der Waals surface area (Å²) in [7, 11) is 0. The second-order valence-electron chi connectivity index (χ2n) is 6.50. The number of hydrogen-bond donors (Lipinski definition) is 0. The molecule has 1 nitrogen and oxygen atoms in total. The van der Waals surface area contributed by atoms with Gasteiger partial charge < -0.3 is 0 Å². The van der Waals surface area contributed by atoms with E-state index in [4.69, 9.17) is 0 Å². The molecule has 2 atom stereocenters. The fraction of sp³-hybridized carbons (Fsp3) is 0.786. The van der Waals surface area contributed by atoms with Crippen LogP contribution in [0.15, 0.2) is 11.6 Å². The summed E-state index contributed by atoms with van der Waals surface area (Å²) in [6.07, 6.45) is 6.31. The maximum Gasteiger partial charge on any atom is 0.134 e. The van der Waals surface area contributed by atoms with Gasteiger partial charge in [0.25, 0.3) is 0 Å². The first-order valence-corrected chi connectivity index (χ1v) is 6.06. The molecule has 0 radical (unpaired) electrons. The molecule has 2 unspecified atom stereocenters. The molecule has 0 aromatic rings. The van der Waals surface area contributed by atoms with Gasteiger partial charge in [-0.05, 0) is 29.6 Å². The van der Waals surface area contributed by atoms with Gasteiger partial charge in [-0.1, -0.05) is 39.3 Å². The molecule has 15 heavy (non-hydrogen) atoms. The van der Waals surface area contributed by atoms with Crippen molar-refractivity contribution in [1.82, 2.24) is 0 Å². The monoisotopic (exact) mass is 206 g/mol. The highest BCUT2D eigenvalue weighted by Gasteiger charge is 2.46. The Morgan fingerprint density at radius 3 is 2.60 bits per heavy atom. The Balaban J connectivity index is 2.41. The van der Waals surface area contributed by atoms with Gasteiger partial charge in [-0.3, -0.25) is 4.79 Å². The number of allylic oxidation sites excluding steroid dienone is 2. The van der Waals surface area contributed by atoms with Gasteiger partial charge >= 0.3 is 0 Å². The Morgan fingerprint density at radius 1 is 1.27 bits per heavy atom. The number of hydrogen-bond acceptors (Lipinski definition) is 1. The molecule has 0 heterocycles. The number of carbonyl (C=O) groups is 1. The predicted octanol–water partition coefficient (Wildman–Crippen LogP) is 3.74. The summed E-state index contributed by atoms with van der Waals surface area (Å²) >= 11 is 0. The zero-order valence-corrected chi connectivity index (χ0v) is 10.4. The number of rotatable bonds is 0. The van der Waals surface area contributed by atoms with Gasteiger partial charge in [0, 0.05) is 12.8 Å². The Kier molecular flexibility index (Phi) is 2.33. The summed E-state index contributed by atoms with van der Waals surface area (Å²) in [5.41, 5.74) is 1.81. The molecule has 0 N–H and O–H groups in total. The Hall–Kier alpha value is -0.590.